The predicted molar refractivity (Wildman–Crippen MR) is 55.3 cm³/mol. The van der Waals surface area contributed by atoms with E-state index in [0.717, 1.165) is 17.7 Å². The Hall–Kier alpha value is -1.85. The van der Waals surface area contributed by atoms with Crippen molar-refractivity contribution in [3.8, 4) is 0 Å². The van der Waals surface area contributed by atoms with Crippen LogP contribution < -0.4 is 0 Å². The number of halogens is 3. The van der Waals surface area contributed by atoms with E-state index in [9.17, 15) is 13.2 Å². The fraction of sp³-hybridized carbons (Fsp3) is 0.273. The van der Waals surface area contributed by atoms with Crippen LogP contribution in [0.1, 0.15) is 17.0 Å². The summed E-state index contributed by atoms with van der Waals surface area (Å²) in [7, 11) is 0. The standard InChI is InChI=1S/C11H10F3N3/c1-8-15-7-17(16-8)6-9-2-4-10(5-3-9)11(12,13)14/h2-5,7H,6H2,1H3. The molecule has 0 bridgehead atoms. The van der Waals surface area contributed by atoms with Crippen molar-refractivity contribution in [3.63, 3.8) is 0 Å². The fourth-order valence-electron chi connectivity index (χ4n) is 1.45. The molecule has 0 N–H and O–H groups in total. The lowest BCUT2D eigenvalue weighted by atomic mass is 10.1. The average molecular weight is 241 g/mol. The lowest BCUT2D eigenvalue weighted by Gasteiger charge is -2.07. The predicted octanol–water partition coefficient (Wildman–Crippen LogP) is 2.65. The summed E-state index contributed by atoms with van der Waals surface area (Å²) in [6, 6.07) is 5.03. The maximum Gasteiger partial charge on any atom is 0.416 e. The Labute approximate surface area is 95.9 Å². The van der Waals surface area contributed by atoms with Crippen LogP contribution in [0, 0.1) is 6.92 Å². The summed E-state index contributed by atoms with van der Waals surface area (Å²) in [5, 5.41) is 4.06. The van der Waals surface area contributed by atoms with E-state index in [1.54, 1.807) is 17.9 Å². The SMILES string of the molecule is Cc1ncn(Cc2ccc(C(F)(F)F)cc2)n1. The van der Waals surface area contributed by atoms with Crippen molar-refractivity contribution < 1.29 is 13.2 Å². The van der Waals surface area contributed by atoms with E-state index >= 15 is 0 Å². The molecule has 0 aliphatic carbocycles. The molecule has 0 saturated carbocycles. The van der Waals surface area contributed by atoms with Crippen molar-refractivity contribution in [2.24, 2.45) is 0 Å². The molecular weight excluding hydrogens is 231 g/mol. The second-order valence-corrected chi connectivity index (χ2v) is 3.68. The van der Waals surface area contributed by atoms with Gasteiger partial charge in [-0.2, -0.15) is 18.3 Å². The average Bonchev–Trinajstić information content (AvgIpc) is 2.63. The minimum atomic E-state index is -4.29. The van der Waals surface area contributed by atoms with Gasteiger partial charge in [0.2, 0.25) is 0 Å². The van der Waals surface area contributed by atoms with Gasteiger partial charge in [-0.15, -0.1) is 0 Å². The van der Waals surface area contributed by atoms with Crippen molar-refractivity contribution in [3.05, 3.63) is 47.5 Å². The highest BCUT2D eigenvalue weighted by Crippen LogP contribution is 2.29. The highest BCUT2D eigenvalue weighted by Gasteiger charge is 2.29. The summed E-state index contributed by atoms with van der Waals surface area (Å²) in [6.45, 7) is 2.17. The van der Waals surface area contributed by atoms with E-state index in [-0.39, 0.29) is 0 Å². The van der Waals surface area contributed by atoms with E-state index < -0.39 is 11.7 Å². The Kier molecular flexibility index (Phi) is 2.87. The molecule has 2 rings (SSSR count). The first-order chi connectivity index (χ1) is 7.95. The van der Waals surface area contributed by atoms with Crippen molar-refractivity contribution in [1.82, 2.24) is 14.8 Å². The Bertz CT molecular complexity index is 499. The van der Waals surface area contributed by atoms with Crippen LogP contribution in [0.5, 0.6) is 0 Å². The molecule has 0 amide bonds. The molecule has 0 atom stereocenters. The first-order valence-corrected chi connectivity index (χ1v) is 4.97. The van der Waals surface area contributed by atoms with E-state index in [2.05, 4.69) is 10.1 Å². The summed E-state index contributed by atoms with van der Waals surface area (Å²) in [5.41, 5.74) is 0.110. The van der Waals surface area contributed by atoms with Gasteiger partial charge in [-0.3, -0.25) is 0 Å². The zero-order valence-corrected chi connectivity index (χ0v) is 9.07. The third-order valence-electron chi connectivity index (χ3n) is 2.28. The Balaban J connectivity index is 2.13. The monoisotopic (exact) mass is 241 g/mol. The first kappa shape index (κ1) is 11.6. The summed E-state index contributed by atoms with van der Waals surface area (Å²) >= 11 is 0. The van der Waals surface area contributed by atoms with Crippen LogP contribution in [0.4, 0.5) is 13.2 Å². The molecule has 0 fully saturated rings. The molecule has 2 aromatic rings. The number of aromatic nitrogens is 3. The van der Waals surface area contributed by atoms with Gasteiger partial charge < -0.3 is 0 Å². The van der Waals surface area contributed by atoms with Crippen molar-refractivity contribution in [2.75, 3.05) is 0 Å². The summed E-state index contributed by atoms with van der Waals surface area (Å²) < 4.78 is 38.5. The van der Waals surface area contributed by atoms with Crippen molar-refractivity contribution >= 4 is 0 Å². The minimum Gasteiger partial charge on any atom is -0.248 e. The quantitative estimate of drug-likeness (QED) is 0.809. The van der Waals surface area contributed by atoms with Crippen LogP contribution >= 0.6 is 0 Å². The van der Waals surface area contributed by atoms with Crippen molar-refractivity contribution in [1.29, 1.82) is 0 Å². The molecule has 1 aromatic heterocycles. The van der Waals surface area contributed by atoms with Crippen LogP contribution in [-0.4, -0.2) is 14.8 Å². The Morgan fingerprint density at radius 1 is 1.18 bits per heavy atom. The first-order valence-electron chi connectivity index (χ1n) is 4.97. The van der Waals surface area contributed by atoms with Gasteiger partial charge in [0, 0.05) is 0 Å². The normalized spacial score (nSPS) is 11.8. The third-order valence-corrected chi connectivity index (χ3v) is 2.28. The number of benzene rings is 1. The van der Waals surface area contributed by atoms with Gasteiger partial charge in [0.25, 0.3) is 0 Å². The molecule has 17 heavy (non-hydrogen) atoms. The lowest BCUT2D eigenvalue weighted by molar-refractivity contribution is -0.137. The van der Waals surface area contributed by atoms with Gasteiger partial charge in [0.05, 0.1) is 12.1 Å². The highest BCUT2D eigenvalue weighted by molar-refractivity contribution is 5.24. The lowest BCUT2D eigenvalue weighted by Crippen LogP contribution is -2.05. The molecule has 0 spiro atoms. The van der Waals surface area contributed by atoms with Gasteiger partial charge >= 0.3 is 6.18 Å². The van der Waals surface area contributed by atoms with Gasteiger partial charge in [-0.25, -0.2) is 9.67 Å². The molecule has 0 unspecified atom stereocenters. The minimum absolute atomic E-state index is 0.416. The number of aryl methyl sites for hydroxylation is 1. The van der Waals surface area contributed by atoms with Gasteiger partial charge in [-0.05, 0) is 24.6 Å². The largest absolute Gasteiger partial charge is 0.416 e. The third kappa shape index (κ3) is 2.83. The summed E-state index contributed by atoms with van der Waals surface area (Å²) in [6.07, 6.45) is -2.74. The zero-order chi connectivity index (χ0) is 12.5. The number of hydrogen-bond acceptors (Lipinski definition) is 2. The maximum atomic E-state index is 12.3. The Morgan fingerprint density at radius 3 is 2.29 bits per heavy atom. The Morgan fingerprint density at radius 2 is 1.82 bits per heavy atom. The molecule has 0 aliphatic rings. The van der Waals surface area contributed by atoms with Crippen LogP contribution in [0.15, 0.2) is 30.6 Å². The van der Waals surface area contributed by atoms with E-state index in [0.29, 0.717) is 12.4 Å². The van der Waals surface area contributed by atoms with Gasteiger partial charge in [0.15, 0.2) is 0 Å². The second-order valence-electron chi connectivity index (χ2n) is 3.68. The molecule has 0 saturated heterocycles. The summed E-state index contributed by atoms with van der Waals surface area (Å²) in [4.78, 5) is 3.94. The smallest absolute Gasteiger partial charge is 0.248 e. The molecular formula is C11H10F3N3. The molecule has 0 radical (unpaired) electrons. The van der Waals surface area contributed by atoms with Crippen LogP contribution in [-0.2, 0) is 12.7 Å². The van der Waals surface area contributed by atoms with Gasteiger partial charge in [0.1, 0.15) is 12.2 Å². The molecule has 1 aromatic carbocycles. The zero-order valence-electron chi connectivity index (χ0n) is 9.07. The number of hydrogen-bond donors (Lipinski definition) is 0. The van der Waals surface area contributed by atoms with Crippen molar-refractivity contribution in [2.45, 2.75) is 19.6 Å². The fourth-order valence-corrected chi connectivity index (χ4v) is 1.45. The highest BCUT2D eigenvalue weighted by atomic mass is 19.4. The summed E-state index contributed by atoms with van der Waals surface area (Å²) in [5.74, 6) is 0.636. The van der Waals surface area contributed by atoms with Gasteiger partial charge in [-0.1, -0.05) is 12.1 Å². The van der Waals surface area contributed by atoms with Crippen LogP contribution in [0.3, 0.4) is 0 Å². The second kappa shape index (κ2) is 4.20. The maximum absolute atomic E-state index is 12.3. The van der Waals surface area contributed by atoms with E-state index in [1.165, 1.54) is 12.1 Å². The number of nitrogens with zero attached hydrogens (tertiary/aromatic N) is 3. The van der Waals surface area contributed by atoms with E-state index in [4.69, 9.17) is 0 Å². The molecule has 90 valence electrons. The number of alkyl halides is 3. The van der Waals surface area contributed by atoms with Crippen LogP contribution in [0.25, 0.3) is 0 Å². The van der Waals surface area contributed by atoms with E-state index in [1.807, 2.05) is 0 Å². The molecule has 0 aliphatic heterocycles. The van der Waals surface area contributed by atoms with Crippen LogP contribution in [0.2, 0.25) is 0 Å². The molecule has 3 nitrogen and oxygen atoms in total. The molecule has 1 heterocycles. The molecule has 6 heteroatoms. The topological polar surface area (TPSA) is 30.7 Å². The number of rotatable bonds is 2.